The van der Waals surface area contributed by atoms with E-state index in [1.165, 1.54) is 12.1 Å². The lowest BCUT2D eigenvalue weighted by Gasteiger charge is -2.15. The molecule has 0 fully saturated rings. The minimum atomic E-state index is -1.03. The number of nitrogens with zero attached hydrogens (tertiary/aromatic N) is 1. The summed E-state index contributed by atoms with van der Waals surface area (Å²) in [6, 6.07) is 16.0. The maximum Gasteiger partial charge on any atom is 0.335 e. The van der Waals surface area contributed by atoms with Gasteiger partial charge < -0.3 is 9.67 Å². The van der Waals surface area contributed by atoms with E-state index in [1.807, 2.05) is 41.8 Å². The zero-order chi connectivity index (χ0) is 15.7. The molecule has 110 valence electrons. The number of pyridine rings is 1. The quantitative estimate of drug-likeness (QED) is 0.805. The van der Waals surface area contributed by atoms with Crippen LogP contribution in [0.1, 0.15) is 17.3 Å². The number of hydrogen-bond donors (Lipinski definition) is 1. The Labute approximate surface area is 127 Å². The van der Waals surface area contributed by atoms with Crippen LogP contribution in [-0.2, 0) is 6.54 Å². The number of hydrogen-bond acceptors (Lipinski definition) is 2. The maximum atomic E-state index is 12.4. The minimum absolute atomic E-state index is 0.125. The number of benzene rings is 2. The summed E-state index contributed by atoms with van der Waals surface area (Å²) in [4.78, 5) is 23.5. The van der Waals surface area contributed by atoms with Crippen LogP contribution in [0.5, 0.6) is 0 Å². The summed E-state index contributed by atoms with van der Waals surface area (Å²) in [6.45, 7) is 2.69. The Morgan fingerprint density at radius 1 is 1.09 bits per heavy atom. The average Bonchev–Trinajstić information content (AvgIpc) is 2.55. The topological polar surface area (TPSA) is 59.3 Å². The van der Waals surface area contributed by atoms with Crippen LogP contribution in [-0.4, -0.2) is 15.6 Å². The van der Waals surface area contributed by atoms with E-state index >= 15 is 0 Å². The molecule has 1 heterocycles. The van der Waals surface area contributed by atoms with E-state index in [1.54, 1.807) is 12.1 Å². The van der Waals surface area contributed by atoms with Gasteiger partial charge in [0.15, 0.2) is 5.43 Å². The summed E-state index contributed by atoms with van der Waals surface area (Å²) in [7, 11) is 0. The van der Waals surface area contributed by atoms with Crippen molar-refractivity contribution in [3.05, 3.63) is 70.4 Å². The summed E-state index contributed by atoms with van der Waals surface area (Å²) >= 11 is 0. The van der Waals surface area contributed by atoms with E-state index in [0.717, 1.165) is 16.8 Å². The molecule has 0 spiro atoms. The number of aromatic nitrogens is 1. The number of aromatic carboxylic acids is 1. The smallest absolute Gasteiger partial charge is 0.335 e. The molecule has 3 rings (SSSR count). The van der Waals surface area contributed by atoms with Gasteiger partial charge >= 0.3 is 5.97 Å². The van der Waals surface area contributed by atoms with Gasteiger partial charge in [0, 0.05) is 18.0 Å². The molecule has 0 saturated carbocycles. The van der Waals surface area contributed by atoms with Gasteiger partial charge in [-0.3, -0.25) is 4.79 Å². The largest absolute Gasteiger partial charge is 0.478 e. The van der Waals surface area contributed by atoms with Gasteiger partial charge in [0.25, 0.3) is 0 Å². The highest BCUT2D eigenvalue weighted by molar-refractivity contribution is 5.94. The Morgan fingerprint density at radius 2 is 1.82 bits per heavy atom. The second-order valence-corrected chi connectivity index (χ2v) is 5.04. The fourth-order valence-electron chi connectivity index (χ4n) is 2.70. The van der Waals surface area contributed by atoms with E-state index in [9.17, 15) is 9.59 Å². The molecule has 1 N–H and O–H groups in total. The molecule has 0 aliphatic rings. The second-order valence-electron chi connectivity index (χ2n) is 5.04. The van der Waals surface area contributed by atoms with E-state index in [4.69, 9.17) is 5.11 Å². The molecule has 3 aromatic rings. The van der Waals surface area contributed by atoms with Crippen molar-refractivity contribution in [1.29, 1.82) is 0 Å². The zero-order valence-corrected chi connectivity index (χ0v) is 12.1. The zero-order valence-electron chi connectivity index (χ0n) is 12.1. The van der Waals surface area contributed by atoms with E-state index in [-0.39, 0.29) is 11.0 Å². The Balaban J connectivity index is 2.36. The molecule has 0 amide bonds. The Kier molecular flexibility index (Phi) is 3.51. The van der Waals surface area contributed by atoms with Crippen LogP contribution in [0.25, 0.3) is 22.2 Å². The van der Waals surface area contributed by atoms with Gasteiger partial charge in [0.1, 0.15) is 0 Å². The van der Waals surface area contributed by atoms with Gasteiger partial charge in [0.05, 0.1) is 16.8 Å². The van der Waals surface area contributed by atoms with Gasteiger partial charge in [-0.2, -0.15) is 0 Å². The summed E-state index contributed by atoms with van der Waals surface area (Å²) in [5.74, 6) is -1.03. The van der Waals surface area contributed by atoms with Crippen molar-refractivity contribution < 1.29 is 9.90 Å². The SMILES string of the molecule is CCn1c(-c2ccccc2)cc(=O)c2cc(C(=O)O)ccc21. The molecule has 4 nitrogen and oxygen atoms in total. The normalized spacial score (nSPS) is 10.8. The van der Waals surface area contributed by atoms with Crippen LogP contribution in [0, 0.1) is 0 Å². The highest BCUT2D eigenvalue weighted by atomic mass is 16.4. The number of aryl methyl sites for hydroxylation is 1. The molecule has 22 heavy (non-hydrogen) atoms. The average molecular weight is 293 g/mol. The monoisotopic (exact) mass is 293 g/mol. The van der Waals surface area contributed by atoms with Gasteiger partial charge in [-0.25, -0.2) is 4.79 Å². The van der Waals surface area contributed by atoms with Crippen LogP contribution in [0.4, 0.5) is 0 Å². The van der Waals surface area contributed by atoms with Crippen LogP contribution >= 0.6 is 0 Å². The van der Waals surface area contributed by atoms with Crippen molar-refractivity contribution in [3.63, 3.8) is 0 Å². The van der Waals surface area contributed by atoms with Gasteiger partial charge in [0.2, 0.25) is 0 Å². The number of rotatable bonds is 3. The molecule has 0 aliphatic carbocycles. The Morgan fingerprint density at radius 3 is 2.45 bits per heavy atom. The first kappa shape index (κ1) is 14.1. The van der Waals surface area contributed by atoms with Crippen molar-refractivity contribution >= 4 is 16.9 Å². The van der Waals surface area contributed by atoms with Crippen molar-refractivity contribution in [3.8, 4) is 11.3 Å². The third-order valence-corrected chi connectivity index (χ3v) is 3.74. The molecule has 0 saturated heterocycles. The molecular weight excluding hydrogens is 278 g/mol. The third kappa shape index (κ3) is 2.29. The highest BCUT2D eigenvalue weighted by Crippen LogP contribution is 2.23. The molecule has 0 bridgehead atoms. The van der Waals surface area contributed by atoms with Crippen LogP contribution in [0.2, 0.25) is 0 Å². The molecule has 0 radical (unpaired) electrons. The van der Waals surface area contributed by atoms with Crippen LogP contribution in [0.3, 0.4) is 0 Å². The fourth-order valence-corrected chi connectivity index (χ4v) is 2.70. The lowest BCUT2D eigenvalue weighted by atomic mass is 10.1. The van der Waals surface area contributed by atoms with Gasteiger partial charge in [-0.1, -0.05) is 30.3 Å². The van der Waals surface area contributed by atoms with Crippen molar-refractivity contribution in [2.24, 2.45) is 0 Å². The van der Waals surface area contributed by atoms with Gasteiger partial charge in [-0.15, -0.1) is 0 Å². The minimum Gasteiger partial charge on any atom is -0.478 e. The molecule has 1 aromatic heterocycles. The van der Waals surface area contributed by atoms with Crippen molar-refractivity contribution in [1.82, 2.24) is 4.57 Å². The number of fused-ring (bicyclic) bond motifs is 1. The highest BCUT2D eigenvalue weighted by Gasteiger charge is 2.12. The predicted octanol–water partition coefficient (Wildman–Crippen LogP) is 3.39. The van der Waals surface area contributed by atoms with Gasteiger partial charge in [-0.05, 0) is 30.7 Å². The lowest BCUT2D eigenvalue weighted by Crippen LogP contribution is -2.12. The maximum absolute atomic E-state index is 12.4. The second kappa shape index (κ2) is 5.48. The summed E-state index contributed by atoms with van der Waals surface area (Å²) in [5, 5.41) is 9.52. The van der Waals surface area contributed by atoms with Crippen molar-refractivity contribution in [2.45, 2.75) is 13.5 Å². The number of carboxylic acids is 1. The van der Waals surface area contributed by atoms with E-state index in [2.05, 4.69) is 0 Å². The lowest BCUT2D eigenvalue weighted by molar-refractivity contribution is 0.0697. The summed E-state index contributed by atoms with van der Waals surface area (Å²) < 4.78 is 2.03. The Hall–Kier alpha value is -2.88. The predicted molar refractivity (Wildman–Crippen MR) is 86.3 cm³/mol. The van der Waals surface area contributed by atoms with Crippen LogP contribution < -0.4 is 5.43 Å². The molecule has 0 unspecified atom stereocenters. The van der Waals surface area contributed by atoms with Crippen LogP contribution in [0.15, 0.2) is 59.4 Å². The number of carbonyl (C=O) groups is 1. The Bertz CT molecular complexity index is 911. The first-order valence-electron chi connectivity index (χ1n) is 7.08. The molecule has 0 aliphatic heterocycles. The number of carboxylic acid groups (broad SMARTS) is 1. The third-order valence-electron chi connectivity index (χ3n) is 3.74. The summed E-state index contributed by atoms with van der Waals surface area (Å²) in [6.07, 6.45) is 0. The molecule has 2 aromatic carbocycles. The van der Waals surface area contributed by atoms with E-state index in [0.29, 0.717) is 11.9 Å². The van der Waals surface area contributed by atoms with Crippen molar-refractivity contribution in [2.75, 3.05) is 0 Å². The van der Waals surface area contributed by atoms with E-state index < -0.39 is 5.97 Å². The first-order chi connectivity index (χ1) is 10.6. The fraction of sp³-hybridized carbons (Fsp3) is 0.111. The first-order valence-corrected chi connectivity index (χ1v) is 7.08. The molecule has 4 heteroatoms. The molecular formula is C18H15NO3. The summed E-state index contributed by atoms with van der Waals surface area (Å²) in [5.41, 5.74) is 2.51. The molecule has 0 atom stereocenters. The standard InChI is InChI=1S/C18H15NO3/c1-2-19-15-9-8-13(18(21)22)10-14(15)17(20)11-16(19)12-6-4-3-5-7-12/h3-11H,2H2,1H3,(H,21,22).